The van der Waals surface area contributed by atoms with Gasteiger partial charge in [-0.3, -0.25) is 9.59 Å². The van der Waals surface area contributed by atoms with Gasteiger partial charge in [-0.25, -0.2) is 23.1 Å². The average Bonchev–Trinajstić information content (AvgIpc) is 3.29. The number of amides is 1. The lowest BCUT2D eigenvalue weighted by atomic mass is 9.82. The van der Waals surface area contributed by atoms with E-state index >= 15 is 0 Å². The van der Waals surface area contributed by atoms with Crippen LogP contribution in [-0.4, -0.2) is 35.4 Å². The van der Waals surface area contributed by atoms with Crippen molar-refractivity contribution in [3.05, 3.63) is 54.4 Å². The largest absolute Gasteiger partial charge is 0.481 e. The van der Waals surface area contributed by atoms with E-state index in [9.17, 15) is 23.1 Å². The molecule has 4 atom stereocenters. The molecule has 1 fully saturated rings. The molecule has 0 unspecified atom stereocenters. The molecule has 0 radical (unpaired) electrons. The third-order valence-corrected chi connectivity index (χ3v) is 6.84. The zero-order valence-corrected chi connectivity index (χ0v) is 16.8. The number of sulfonamides is 1. The van der Waals surface area contributed by atoms with Gasteiger partial charge >= 0.3 is 5.97 Å². The number of allylic oxidation sites excluding steroid dienone is 2. The summed E-state index contributed by atoms with van der Waals surface area (Å²) < 4.78 is 27.3. The van der Waals surface area contributed by atoms with Crippen LogP contribution in [0.1, 0.15) is 12.1 Å². The molecule has 2 aliphatic carbocycles. The van der Waals surface area contributed by atoms with Crippen LogP contribution in [0.3, 0.4) is 0 Å². The normalized spacial score (nSPS) is 24.6. The molecule has 1 aromatic carbocycles. The average molecular weight is 428 g/mol. The van der Waals surface area contributed by atoms with Crippen LogP contribution >= 0.6 is 0 Å². The Morgan fingerprint density at radius 2 is 1.73 bits per heavy atom. The molecule has 10 heteroatoms. The number of nitrogens with one attached hydrogen (secondary N) is 2. The Balaban J connectivity index is 1.46. The number of fused-ring (bicyclic) bond motifs is 2. The Bertz CT molecular complexity index is 1130. The zero-order chi connectivity index (χ0) is 21.5. The molecule has 2 bridgehead atoms. The van der Waals surface area contributed by atoms with Crippen molar-refractivity contribution in [3.8, 4) is 0 Å². The summed E-state index contributed by atoms with van der Waals surface area (Å²) >= 11 is 0. The number of aliphatic carboxylic acids is 1. The quantitative estimate of drug-likeness (QED) is 0.599. The molecular formula is C20H20N4O5S. The summed E-state index contributed by atoms with van der Waals surface area (Å²) in [6.45, 7) is 1.72. The van der Waals surface area contributed by atoms with Gasteiger partial charge in [0.25, 0.3) is 10.0 Å². The van der Waals surface area contributed by atoms with Crippen molar-refractivity contribution in [3.63, 3.8) is 0 Å². The highest BCUT2D eigenvalue weighted by molar-refractivity contribution is 7.92. The van der Waals surface area contributed by atoms with Gasteiger partial charge in [0.2, 0.25) is 11.9 Å². The van der Waals surface area contributed by atoms with Crippen LogP contribution < -0.4 is 10.0 Å². The number of rotatable bonds is 6. The van der Waals surface area contributed by atoms with Gasteiger partial charge in [-0.1, -0.05) is 12.2 Å². The minimum atomic E-state index is -3.89. The molecule has 9 nitrogen and oxygen atoms in total. The second kappa shape index (κ2) is 7.52. The fraction of sp³-hybridized carbons (Fsp3) is 0.300. The van der Waals surface area contributed by atoms with E-state index < -0.39 is 27.8 Å². The van der Waals surface area contributed by atoms with Crippen molar-refractivity contribution in [2.24, 2.45) is 23.7 Å². The second-order valence-electron chi connectivity index (χ2n) is 7.48. The van der Waals surface area contributed by atoms with Gasteiger partial charge in [-0.15, -0.1) is 0 Å². The first-order valence-electron chi connectivity index (χ1n) is 9.39. The number of hydrogen-bond acceptors (Lipinski definition) is 6. The SMILES string of the molecule is Cc1ccnc(NS(=O)(=O)c2ccc(NC(=O)[C@@H]3[C@@H](C(=O)O)[C@@H]4C=C[C@H]3C4)cc2)n1. The van der Waals surface area contributed by atoms with E-state index in [0.29, 0.717) is 17.8 Å². The van der Waals surface area contributed by atoms with E-state index in [2.05, 4.69) is 20.0 Å². The van der Waals surface area contributed by atoms with E-state index in [-0.39, 0.29) is 28.6 Å². The molecule has 0 spiro atoms. The van der Waals surface area contributed by atoms with Gasteiger partial charge in [0.15, 0.2) is 0 Å². The number of carboxylic acids is 1. The lowest BCUT2D eigenvalue weighted by Gasteiger charge is -2.23. The summed E-state index contributed by atoms with van der Waals surface area (Å²) in [5.74, 6) is -2.96. The molecule has 3 N–H and O–H groups in total. The van der Waals surface area contributed by atoms with Crippen LogP contribution in [0.25, 0.3) is 0 Å². The van der Waals surface area contributed by atoms with Crippen LogP contribution in [0.5, 0.6) is 0 Å². The van der Waals surface area contributed by atoms with Crippen LogP contribution in [0.4, 0.5) is 11.6 Å². The standard InChI is InChI=1S/C20H20N4O5S/c1-11-8-9-21-20(22-11)24-30(28,29)15-6-4-14(5-7-15)23-18(25)16-12-2-3-13(10-12)17(16)19(26)27/h2-9,12-13,16-17H,10H2,1H3,(H,23,25)(H,26,27)(H,21,22,24)/t12-,13+,16-,17-/m0/s1. The number of carboxylic acid groups (broad SMARTS) is 1. The number of benzene rings is 1. The smallest absolute Gasteiger partial charge is 0.307 e. The van der Waals surface area contributed by atoms with Crippen LogP contribution in [0.2, 0.25) is 0 Å². The zero-order valence-electron chi connectivity index (χ0n) is 16.0. The highest BCUT2D eigenvalue weighted by atomic mass is 32.2. The molecule has 2 aliphatic rings. The van der Waals surface area contributed by atoms with Crippen LogP contribution in [0, 0.1) is 30.6 Å². The maximum absolute atomic E-state index is 12.7. The van der Waals surface area contributed by atoms with E-state index in [4.69, 9.17) is 0 Å². The molecule has 1 heterocycles. The Hall–Kier alpha value is -3.27. The summed E-state index contributed by atoms with van der Waals surface area (Å²) in [4.78, 5) is 32.2. The fourth-order valence-corrected chi connectivity index (χ4v) is 5.09. The van der Waals surface area contributed by atoms with Crippen molar-refractivity contribution in [1.29, 1.82) is 0 Å². The molecule has 156 valence electrons. The monoisotopic (exact) mass is 428 g/mol. The van der Waals surface area contributed by atoms with Crippen molar-refractivity contribution in [2.45, 2.75) is 18.2 Å². The number of carbonyl (C=O) groups is 2. The minimum absolute atomic E-state index is 0.0168. The van der Waals surface area contributed by atoms with Crippen molar-refractivity contribution in [2.75, 3.05) is 10.0 Å². The Labute approximate surface area is 173 Å². The molecule has 4 rings (SSSR count). The van der Waals surface area contributed by atoms with Crippen LogP contribution in [-0.2, 0) is 19.6 Å². The minimum Gasteiger partial charge on any atom is -0.481 e. The maximum atomic E-state index is 12.7. The number of hydrogen-bond donors (Lipinski definition) is 3. The molecule has 1 amide bonds. The third kappa shape index (κ3) is 3.78. The predicted molar refractivity (Wildman–Crippen MR) is 108 cm³/mol. The molecule has 1 saturated carbocycles. The van der Waals surface area contributed by atoms with Crippen molar-refractivity contribution < 1.29 is 23.1 Å². The number of nitrogens with zero attached hydrogens (tertiary/aromatic N) is 2. The lowest BCUT2D eigenvalue weighted by Crippen LogP contribution is -2.36. The van der Waals surface area contributed by atoms with E-state index in [0.717, 1.165) is 0 Å². The predicted octanol–water partition coefficient (Wildman–Crippen LogP) is 2.05. The first kappa shape index (κ1) is 20.0. The van der Waals surface area contributed by atoms with E-state index in [1.165, 1.54) is 30.5 Å². The van der Waals surface area contributed by atoms with Gasteiger partial charge in [-0.05, 0) is 55.5 Å². The van der Waals surface area contributed by atoms with Gasteiger partial charge in [-0.2, -0.15) is 0 Å². The molecule has 0 saturated heterocycles. The third-order valence-electron chi connectivity index (χ3n) is 5.50. The van der Waals surface area contributed by atoms with Crippen molar-refractivity contribution >= 4 is 33.5 Å². The molecule has 0 aliphatic heterocycles. The number of carbonyl (C=O) groups excluding carboxylic acids is 1. The molecule has 1 aromatic heterocycles. The number of aromatic nitrogens is 2. The topological polar surface area (TPSA) is 138 Å². The highest BCUT2D eigenvalue weighted by Crippen LogP contribution is 2.48. The maximum Gasteiger partial charge on any atom is 0.307 e. The summed E-state index contributed by atoms with van der Waals surface area (Å²) in [6, 6.07) is 7.27. The van der Waals surface area contributed by atoms with E-state index in [1.807, 2.05) is 12.2 Å². The summed E-state index contributed by atoms with van der Waals surface area (Å²) in [7, 11) is -3.89. The van der Waals surface area contributed by atoms with E-state index in [1.54, 1.807) is 13.0 Å². The first-order chi connectivity index (χ1) is 14.2. The number of anilines is 2. The van der Waals surface area contributed by atoms with Crippen molar-refractivity contribution in [1.82, 2.24) is 9.97 Å². The van der Waals surface area contributed by atoms with Crippen LogP contribution in [0.15, 0.2) is 53.6 Å². The molecule has 2 aromatic rings. The molecular weight excluding hydrogens is 408 g/mol. The number of aryl methyl sites for hydroxylation is 1. The fourth-order valence-electron chi connectivity index (χ4n) is 4.14. The lowest BCUT2D eigenvalue weighted by molar-refractivity contribution is -0.146. The van der Waals surface area contributed by atoms with Gasteiger partial charge in [0, 0.05) is 17.6 Å². The Morgan fingerprint density at radius 3 is 2.37 bits per heavy atom. The summed E-state index contributed by atoms with van der Waals surface area (Å²) in [5, 5.41) is 12.2. The molecule has 30 heavy (non-hydrogen) atoms. The second-order valence-corrected chi connectivity index (χ2v) is 9.16. The van der Waals surface area contributed by atoms with Gasteiger partial charge in [0.05, 0.1) is 16.7 Å². The summed E-state index contributed by atoms with van der Waals surface area (Å²) in [6.07, 6.45) is 5.90. The van der Waals surface area contributed by atoms with Gasteiger partial charge in [0.1, 0.15) is 0 Å². The Kier molecular flexibility index (Phi) is 5.02. The first-order valence-corrected chi connectivity index (χ1v) is 10.9. The summed E-state index contributed by atoms with van der Waals surface area (Å²) in [5.41, 5.74) is 1.01. The van der Waals surface area contributed by atoms with Gasteiger partial charge < -0.3 is 10.4 Å². The highest BCUT2D eigenvalue weighted by Gasteiger charge is 2.51. The Morgan fingerprint density at radius 1 is 1.07 bits per heavy atom.